The van der Waals surface area contributed by atoms with Gasteiger partial charge in [-0.3, -0.25) is 0 Å². The van der Waals surface area contributed by atoms with E-state index in [1.807, 2.05) is 31.2 Å². The van der Waals surface area contributed by atoms with Gasteiger partial charge in [0.25, 0.3) is 0 Å². The molecule has 2 amide bonds. The Morgan fingerprint density at radius 3 is 2.58 bits per heavy atom. The van der Waals surface area contributed by atoms with Crippen LogP contribution >= 0.6 is 0 Å². The number of benzene rings is 2. The van der Waals surface area contributed by atoms with Crippen molar-refractivity contribution in [3.63, 3.8) is 0 Å². The number of aliphatic hydroxyl groups is 1. The SMILES string of the molecule is COc1ccc(OC)c(C(O)CNC(=O)NCCc2ccccc2C)c1. The molecule has 6 nitrogen and oxygen atoms in total. The molecule has 0 aliphatic rings. The van der Waals surface area contributed by atoms with Gasteiger partial charge in [0.05, 0.1) is 14.2 Å². The summed E-state index contributed by atoms with van der Waals surface area (Å²) < 4.78 is 10.4. The Hall–Kier alpha value is -2.73. The predicted octanol–water partition coefficient (Wildman–Crippen LogP) is 2.59. The molecule has 3 N–H and O–H groups in total. The van der Waals surface area contributed by atoms with Crippen LogP contribution in [0.2, 0.25) is 0 Å². The molecule has 0 saturated carbocycles. The maximum absolute atomic E-state index is 11.9. The third-order valence-corrected chi connectivity index (χ3v) is 4.19. The summed E-state index contributed by atoms with van der Waals surface area (Å²) in [5.74, 6) is 1.16. The number of aliphatic hydroxyl groups excluding tert-OH is 1. The van der Waals surface area contributed by atoms with Gasteiger partial charge in [-0.2, -0.15) is 0 Å². The lowest BCUT2D eigenvalue weighted by molar-refractivity contribution is 0.169. The zero-order chi connectivity index (χ0) is 18.9. The van der Waals surface area contributed by atoms with Crippen LogP contribution in [0.25, 0.3) is 0 Å². The van der Waals surface area contributed by atoms with Gasteiger partial charge in [0, 0.05) is 18.7 Å². The first kappa shape index (κ1) is 19.6. The van der Waals surface area contributed by atoms with Crippen molar-refractivity contribution in [2.75, 3.05) is 27.3 Å². The van der Waals surface area contributed by atoms with Crippen LogP contribution in [0.15, 0.2) is 42.5 Å². The zero-order valence-corrected chi connectivity index (χ0v) is 15.4. The minimum atomic E-state index is -0.901. The van der Waals surface area contributed by atoms with Crippen LogP contribution in [0.3, 0.4) is 0 Å². The van der Waals surface area contributed by atoms with Crippen molar-refractivity contribution in [3.05, 3.63) is 59.2 Å². The molecule has 1 unspecified atom stereocenters. The van der Waals surface area contributed by atoms with Crippen LogP contribution < -0.4 is 20.1 Å². The minimum absolute atomic E-state index is 0.0692. The van der Waals surface area contributed by atoms with Crippen LogP contribution in [0.1, 0.15) is 22.8 Å². The average molecular weight is 358 g/mol. The lowest BCUT2D eigenvalue weighted by Gasteiger charge is -2.17. The maximum Gasteiger partial charge on any atom is 0.314 e. The highest BCUT2D eigenvalue weighted by Crippen LogP contribution is 2.29. The highest BCUT2D eigenvalue weighted by molar-refractivity contribution is 5.73. The summed E-state index contributed by atoms with van der Waals surface area (Å²) in [5.41, 5.74) is 2.97. The largest absolute Gasteiger partial charge is 0.497 e. The van der Waals surface area contributed by atoms with Crippen molar-refractivity contribution in [1.82, 2.24) is 10.6 Å². The standard InChI is InChI=1S/C20H26N2O4/c1-14-6-4-5-7-15(14)10-11-21-20(24)22-13-18(23)17-12-16(25-2)8-9-19(17)26-3/h4-9,12,18,23H,10-11,13H2,1-3H3,(H2,21,22,24). The van der Waals surface area contributed by atoms with Gasteiger partial charge in [0.1, 0.15) is 17.6 Å². The second kappa shape index (κ2) is 9.68. The van der Waals surface area contributed by atoms with Crippen LogP contribution in [0, 0.1) is 6.92 Å². The number of carbonyl (C=O) groups is 1. The van der Waals surface area contributed by atoms with E-state index in [0.29, 0.717) is 23.6 Å². The lowest BCUT2D eigenvalue weighted by Crippen LogP contribution is -2.38. The fraction of sp³-hybridized carbons (Fsp3) is 0.350. The molecule has 0 heterocycles. The van der Waals surface area contributed by atoms with E-state index in [2.05, 4.69) is 10.6 Å². The van der Waals surface area contributed by atoms with Gasteiger partial charge in [-0.25, -0.2) is 4.79 Å². The number of amides is 2. The van der Waals surface area contributed by atoms with Crippen molar-refractivity contribution in [1.29, 1.82) is 0 Å². The Balaban J connectivity index is 1.82. The zero-order valence-electron chi connectivity index (χ0n) is 15.4. The smallest absolute Gasteiger partial charge is 0.314 e. The van der Waals surface area contributed by atoms with Crippen molar-refractivity contribution < 1.29 is 19.4 Å². The summed E-state index contributed by atoms with van der Waals surface area (Å²) in [6, 6.07) is 12.9. The third-order valence-electron chi connectivity index (χ3n) is 4.19. The van der Waals surface area contributed by atoms with Crippen LogP contribution in [-0.4, -0.2) is 38.4 Å². The fourth-order valence-electron chi connectivity index (χ4n) is 2.66. The summed E-state index contributed by atoms with van der Waals surface area (Å²) in [7, 11) is 3.09. The number of carbonyl (C=O) groups excluding carboxylic acids is 1. The highest BCUT2D eigenvalue weighted by Gasteiger charge is 2.15. The van der Waals surface area contributed by atoms with Gasteiger partial charge in [-0.05, 0) is 42.7 Å². The van der Waals surface area contributed by atoms with E-state index in [1.54, 1.807) is 25.3 Å². The Kier molecular flexibility index (Phi) is 7.29. The first-order valence-corrected chi connectivity index (χ1v) is 8.51. The molecule has 0 saturated heterocycles. The number of methoxy groups -OCH3 is 2. The number of urea groups is 1. The summed E-state index contributed by atoms with van der Waals surface area (Å²) >= 11 is 0. The Bertz CT molecular complexity index is 734. The maximum atomic E-state index is 11.9. The topological polar surface area (TPSA) is 79.8 Å². The molecule has 0 aromatic heterocycles. The molecule has 0 fully saturated rings. The van der Waals surface area contributed by atoms with Crippen LogP contribution in [-0.2, 0) is 6.42 Å². The summed E-state index contributed by atoms with van der Waals surface area (Å²) in [6.45, 7) is 2.64. The van der Waals surface area contributed by atoms with Crippen LogP contribution in [0.5, 0.6) is 11.5 Å². The first-order chi connectivity index (χ1) is 12.5. The van der Waals surface area contributed by atoms with Gasteiger partial charge in [0.15, 0.2) is 0 Å². The fourth-order valence-corrected chi connectivity index (χ4v) is 2.66. The summed E-state index contributed by atoms with van der Waals surface area (Å²) in [6.07, 6.45) is -0.144. The van der Waals surface area contributed by atoms with E-state index in [0.717, 1.165) is 6.42 Å². The number of hydrogen-bond acceptors (Lipinski definition) is 4. The van der Waals surface area contributed by atoms with E-state index < -0.39 is 6.10 Å². The summed E-state index contributed by atoms with van der Waals surface area (Å²) in [5, 5.41) is 15.8. The molecule has 6 heteroatoms. The lowest BCUT2D eigenvalue weighted by atomic mass is 10.1. The number of nitrogens with one attached hydrogen (secondary N) is 2. The molecular formula is C20H26N2O4. The molecule has 2 aromatic carbocycles. The van der Waals surface area contributed by atoms with Gasteiger partial charge in [-0.15, -0.1) is 0 Å². The number of rotatable bonds is 8. The highest BCUT2D eigenvalue weighted by atomic mass is 16.5. The van der Waals surface area contributed by atoms with E-state index in [4.69, 9.17) is 9.47 Å². The quantitative estimate of drug-likeness (QED) is 0.678. The van der Waals surface area contributed by atoms with E-state index in [9.17, 15) is 9.90 Å². The molecule has 0 aliphatic heterocycles. The first-order valence-electron chi connectivity index (χ1n) is 8.51. The van der Waals surface area contributed by atoms with Crippen molar-refractivity contribution in [2.45, 2.75) is 19.4 Å². The van der Waals surface area contributed by atoms with E-state index in [1.165, 1.54) is 18.2 Å². The molecule has 1 atom stereocenters. The number of hydrogen-bond donors (Lipinski definition) is 3. The Labute approximate surface area is 154 Å². The van der Waals surface area contributed by atoms with Crippen LogP contribution in [0.4, 0.5) is 4.79 Å². The normalized spacial score (nSPS) is 11.5. The molecule has 2 rings (SSSR count). The molecular weight excluding hydrogens is 332 g/mol. The second-order valence-corrected chi connectivity index (χ2v) is 5.94. The van der Waals surface area contributed by atoms with Gasteiger partial charge >= 0.3 is 6.03 Å². The molecule has 0 spiro atoms. The van der Waals surface area contributed by atoms with Crippen molar-refractivity contribution in [3.8, 4) is 11.5 Å². The average Bonchev–Trinajstić information content (AvgIpc) is 2.67. The Morgan fingerprint density at radius 2 is 1.88 bits per heavy atom. The number of ether oxygens (including phenoxy) is 2. The van der Waals surface area contributed by atoms with Gasteiger partial charge in [-0.1, -0.05) is 24.3 Å². The Morgan fingerprint density at radius 1 is 1.12 bits per heavy atom. The van der Waals surface area contributed by atoms with Gasteiger partial charge in [0.2, 0.25) is 0 Å². The number of aryl methyl sites for hydroxylation is 1. The predicted molar refractivity (Wildman–Crippen MR) is 101 cm³/mol. The van der Waals surface area contributed by atoms with Crippen molar-refractivity contribution >= 4 is 6.03 Å². The molecule has 0 aliphatic carbocycles. The van der Waals surface area contributed by atoms with E-state index in [-0.39, 0.29) is 12.6 Å². The van der Waals surface area contributed by atoms with Gasteiger partial charge < -0.3 is 25.2 Å². The third kappa shape index (κ3) is 5.39. The molecule has 0 radical (unpaired) electrons. The van der Waals surface area contributed by atoms with Crippen molar-refractivity contribution in [2.24, 2.45) is 0 Å². The monoisotopic (exact) mass is 358 g/mol. The minimum Gasteiger partial charge on any atom is -0.497 e. The van der Waals surface area contributed by atoms with E-state index >= 15 is 0 Å². The molecule has 2 aromatic rings. The summed E-state index contributed by atoms with van der Waals surface area (Å²) in [4.78, 5) is 11.9. The molecule has 26 heavy (non-hydrogen) atoms. The molecule has 0 bridgehead atoms. The molecule has 140 valence electrons. The second-order valence-electron chi connectivity index (χ2n) is 5.94.